The van der Waals surface area contributed by atoms with E-state index in [4.69, 9.17) is 11.6 Å². The van der Waals surface area contributed by atoms with E-state index in [0.29, 0.717) is 5.02 Å². The summed E-state index contributed by atoms with van der Waals surface area (Å²) in [7, 11) is 0. The van der Waals surface area contributed by atoms with E-state index in [-0.39, 0.29) is 11.9 Å². The molecule has 3 heteroatoms. The summed E-state index contributed by atoms with van der Waals surface area (Å²) in [5.41, 5.74) is 0.967. The van der Waals surface area contributed by atoms with E-state index in [1.165, 1.54) is 0 Å². The van der Waals surface area contributed by atoms with Gasteiger partial charge in [0.1, 0.15) is 0 Å². The van der Waals surface area contributed by atoms with Crippen LogP contribution < -0.4 is 5.32 Å². The number of carbonyl (C=O) groups is 1. The Balaban J connectivity index is 2.53. The van der Waals surface area contributed by atoms with Crippen LogP contribution in [0.15, 0.2) is 30.3 Å². The van der Waals surface area contributed by atoms with Gasteiger partial charge in [0.05, 0.1) is 0 Å². The molecule has 17 heavy (non-hydrogen) atoms. The number of benzene rings is 1. The smallest absolute Gasteiger partial charge is 0.244 e. The van der Waals surface area contributed by atoms with E-state index in [1.54, 1.807) is 24.3 Å². The molecule has 0 aliphatic rings. The topological polar surface area (TPSA) is 29.1 Å². The van der Waals surface area contributed by atoms with Crippen LogP contribution in [0.1, 0.15) is 32.3 Å². The monoisotopic (exact) mass is 251 g/mol. The molecule has 0 aliphatic carbocycles. The van der Waals surface area contributed by atoms with Crippen LogP contribution in [0, 0.1) is 0 Å². The molecule has 0 aromatic heterocycles. The molecule has 92 valence electrons. The fourth-order valence-corrected chi connectivity index (χ4v) is 1.61. The van der Waals surface area contributed by atoms with Gasteiger partial charge in [0.15, 0.2) is 0 Å². The first-order chi connectivity index (χ1) is 8.15. The van der Waals surface area contributed by atoms with Crippen molar-refractivity contribution in [2.45, 2.75) is 32.7 Å². The second-order valence-electron chi connectivity index (χ2n) is 3.91. The molecular formula is C14H18ClNO. The van der Waals surface area contributed by atoms with Crippen LogP contribution in [0.5, 0.6) is 0 Å². The molecule has 0 saturated carbocycles. The highest BCUT2D eigenvalue weighted by molar-refractivity contribution is 6.30. The van der Waals surface area contributed by atoms with Crippen LogP contribution in [0.25, 0.3) is 6.08 Å². The van der Waals surface area contributed by atoms with Crippen LogP contribution >= 0.6 is 11.6 Å². The van der Waals surface area contributed by atoms with Crippen LogP contribution in [-0.2, 0) is 4.79 Å². The molecule has 1 aromatic rings. The maximum Gasteiger partial charge on any atom is 0.244 e. The Morgan fingerprint density at radius 2 is 1.88 bits per heavy atom. The standard InChI is InChI=1S/C14H18ClNO/c1-3-13(4-2)16-14(17)10-7-11-5-8-12(15)9-6-11/h5-10,13H,3-4H2,1-2H3,(H,16,17)/b10-7+. The molecule has 1 amide bonds. The molecule has 0 fully saturated rings. The van der Waals surface area contributed by atoms with E-state index in [1.807, 2.05) is 12.1 Å². The quantitative estimate of drug-likeness (QED) is 0.795. The van der Waals surface area contributed by atoms with Gasteiger partial charge in [-0.15, -0.1) is 0 Å². The van der Waals surface area contributed by atoms with Crippen molar-refractivity contribution in [3.05, 3.63) is 40.9 Å². The summed E-state index contributed by atoms with van der Waals surface area (Å²) in [6.07, 6.45) is 5.25. The summed E-state index contributed by atoms with van der Waals surface area (Å²) in [6, 6.07) is 7.63. The molecule has 0 radical (unpaired) electrons. The first-order valence-corrected chi connectivity index (χ1v) is 6.27. The fourth-order valence-electron chi connectivity index (χ4n) is 1.49. The van der Waals surface area contributed by atoms with E-state index < -0.39 is 0 Å². The Kier molecular flexibility index (Phi) is 5.78. The van der Waals surface area contributed by atoms with E-state index in [0.717, 1.165) is 18.4 Å². The molecule has 0 bridgehead atoms. The van der Waals surface area contributed by atoms with Crippen molar-refractivity contribution in [1.29, 1.82) is 0 Å². The highest BCUT2D eigenvalue weighted by atomic mass is 35.5. The van der Waals surface area contributed by atoms with E-state index in [9.17, 15) is 4.79 Å². The number of nitrogens with one attached hydrogen (secondary N) is 1. The molecule has 2 nitrogen and oxygen atoms in total. The molecule has 1 rings (SSSR count). The Hall–Kier alpha value is -1.28. The number of amides is 1. The summed E-state index contributed by atoms with van der Waals surface area (Å²) in [5.74, 6) is -0.0475. The molecule has 1 aromatic carbocycles. The zero-order chi connectivity index (χ0) is 12.7. The van der Waals surface area contributed by atoms with Gasteiger partial charge in [0, 0.05) is 17.1 Å². The van der Waals surface area contributed by atoms with Crippen molar-refractivity contribution in [3.63, 3.8) is 0 Å². The second-order valence-corrected chi connectivity index (χ2v) is 4.34. The number of rotatable bonds is 5. The third kappa shape index (κ3) is 5.05. The first-order valence-electron chi connectivity index (χ1n) is 5.89. The van der Waals surface area contributed by atoms with Gasteiger partial charge in [-0.2, -0.15) is 0 Å². The average molecular weight is 252 g/mol. The molecule has 0 spiro atoms. The van der Waals surface area contributed by atoms with Crippen LogP contribution in [0.3, 0.4) is 0 Å². The normalized spacial score (nSPS) is 11.1. The summed E-state index contributed by atoms with van der Waals surface area (Å²) >= 11 is 5.78. The molecule has 0 atom stereocenters. The lowest BCUT2D eigenvalue weighted by Crippen LogP contribution is -2.32. The number of carbonyl (C=O) groups excluding carboxylic acids is 1. The third-order valence-corrected chi connectivity index (χ3v) is 2.88. The van der Waals surface area contributed by atoms with Crippen LogP contribution in [0.4, 0.5) is 0 Å². The zero-order valence-electron chi connectivity index (χ0n) is 10.2. The zero-order valence-corrected chi connectivity index (χ0v) is 11.0. The van der Waals surface area contributed by atoms with Gasteiger partial charge in [0.2, 0.25) is 5.91 Å². The second kappa shape index (κ2) is 7.13. The van der Waals surface area contributed by atoms with Crippen molar-refractivity contribution >= 4 is 23.6 Å². The highest BCUT2D eigenvalue weighted by Crippen LogP contribution is 2.10. The largest absolute Gasteiger partial charge is 0.350 e. The summed E-state index contributed by atoms with van der Waals surface area (Å²) in [4.78, 5) is 11.6. The molecular weight excluding hydrogens is 234 g/mol. The van der Waals surface area contributed by atoms with Crippen molar-refractivity contribution in [1.82, 2.24) is 5.32 Å². The lowest BCUT2D eigenvalue weighted by Gasteiger charge is -2.12. The van der Waals surface area contributed by atoms with Crippen molar-refractivity contribution < 1.29 is 4.79 Å². The van der Waals surface area contributed by atoms with Gasteiger partial charge in [-0.05, 0) is 36.6 Å². The molecule has 0 heterocycles. The van der Waals surface area contributed by atoms with Crippen molar-refractivity contribution in [2.75, 3.05) is 0 Å². The van der Waals surface area contributed by atoms with Crippen molar-refractivity contribution in [2.24, 2.45) is 0 Å². The maximum atomic E-state index is 11.6. The lowest BCUT2D eigenvalue weighted by atomic mass is 10.1. The molecule has 0 aliphatic heterocycles. The summed E-state index contributed by atoms with van der Waals surface area (Å²) in [5, 5.41) is 3.64. The van der Waals surface area contributed by atoms with Crippen LogP contribution in [0.2, 0.25) is 5.02 Å². The molecule has 0 saturated heterocycles. The minimum atomic E-state index is -0.0475. The Morgan fingerprint density at radius 3 is 2.41 bits per heavy atom. The van der Waals surface area contributed by atoms with Gasteiger partial charge in [0.25, 0.3) is 0 Å². The first kappa shape index (κ1) is 13.8. The summed E-state index contributed by atoms with van der Waals surface area (Å²) in [6.45, 7) is 4.13. The minimum absolute atomic E-state index is 0.0475. The SMILES string of the molecule is CCC(CC)NC(=O)/C=C/c1ccc(Cl)cc1. The minimum Gasteiger partial charge on any atom is -0.350 e. The molecule has 0 unspecified atom stereocenters. The van der Waals surface area contributed by atoms with Gasteiger partial charge in [-0.25, -0.2) is 0 Å². The summed E-state index contributed by atoms with van der Waals surface area (Å²) < 4.78 is 0. The predicted molar refractivity (Wildman–Crippen MR) is 73.0 cm³/mol. The predicted octanol–water partition coefficient (Wildman–Crippen LogP) is 3.66. The van der Waals surface area contributed by atoms with Gasteiger partial charge in [-0.1, -0.05) is 37.6 Å². The Morgan fingerprint density at radius 1 is 1.29 bits per heavy atom. The number of halogens is 1. The number of hydrogen-bond acceptors (Lipinski definition) is 1. The van der Waals surface area contributed by atoms with Crippen molar-refractivity contribution in [3.8, 4) is 0 Å². The third-order valence-electron chi connectivity index (χ3n) is 2.63. The average Bonchev–Trinajstić information content (AvgIpc) is 2.35. The van der Waals surface area contributed by atoms with E-state index in [2.05, 4.69) is 19.2 Å². The highest BCUT2D eigenvalue weighted by Gasteiger charge is 2.04. The Labute approximate surface area is 108 Å². The lowest BCUT2D eigenvalue weighted by molar-refractivity contribution is -0.117. The van der Waals surface area contributed by atoms with Gasteiger partial charge < -0.3 is 5.32 Å². The molecule has 1 N–H and O–H groups in total. The van der Waals surface area contributed by atoms with Gasteiger partial charge in [-0.3, -0.25) is 4.79 Å². The van der Waals surface area contributed by atoms with E-state index >= 15 is 0 Å². The number of hydrogen-bond donors (Lipinski definition) is 1. The Bertz CT molecular complexity index is 380. The maximum absolute atomic E-state index is 11.6. The van der Waals surface area contributed by atoms with Crippen LogP contribution in [-0.4, -0.2) is 11.9 Å². The van der Waals surface area contributed by atoms with Gasteiger partial charge >= 0.3 is 0 Å². The fraction of sp³-hybridized carbons (Fsp3) is 0.357.